The van der Waals surface area contributed by atoms with Gasteiger partial charge in [-0.05, 0) is 18.6 Å². The Labute approximate surface area is 85.4 Å². The van der Waals surface area contributed by atoms with Gasteiger partial charge in [-0.3, -0.25) is 9.78 Å². The summed E-state index contributed by atoms with van der Waals surface area (Å²) < 4.78 is 0. The smallest absolute Gasteiger partial charge is 0.181 e. The van der Waals surface area contributed by atoms with Crippen molar-refractivity contribution in [3.63, 3.8) is 0 Å². The van der Waals surface area contributed by atoms with Crippen molar-refractivity contribution in [3.05, 3.63) is 30.1 Å². The number of pyridine rings is 1. The maximum absolute atomic E-state index is 11.5. The molecule has 0 radical (unpaired) electrons. The van der Waals surface area contributed by atoms with Gasteiger partial charge in [0.15, 0.2) is 5.78 Å². The van der Waals surface area contributed by atoms with Crippen molar-refractivity contribution >= 4 is 5.78 Å². The van der Waals surface area contributed by atoms with Crippen LogP contribution in [0.1, 0.15) is 49.5 Å². The molecule has 0 bridgehead atoms. The normalized spacial score (nSPS) is 10.1. The second-order valence-electron chi connectivity index (χ2n) is 3.45. The van der Waals surface area contributed by atoms with Gasteiger partial charge in [0, 0.05) is 12.6 Å². The molecule has 0 amide bonds. The zero-order valence-electron chi connectivity index (χ0n) is 8.70. The molecule has 14 heavy (non-hydrogen) atoms. The number of nitrogens with zero attached hydrogens (tertiary/aromatic N) is 1. The first-order valence-corrected chi connectivity index (χ1v) is 5.29. The van der Waals surface area contributed by atoms with E-state index in [1.807, 2.05) is 12.1 Å². The Hall–Kier alpha value is -1.18. The fourth-order valence-corrected chi connectivity index (χ4v) is 1.37. The van der Waals surface area contributed by atoms with Gasteiger partial charge in [-0.25, -0.2) is 0 Å². The van der Waals surface area contributed by atoms with Crippen LogP contribution in [0.25, 0.3) is 0 Å². The fourth-order valence-electron chi connectivity index (χ4n) is 1.37. The molecule has 0 aromatic carbocycles. The molecule has 0 unspecified atom stereocenters. The summed E-state index contributed by atoms with van der Waals surface area (Å²) in [6, 6.07) is 5.46. The molecule has 0 atom stereocenters. The van der Waals surface area contributed by atoms with E-state index in [4.69, 9.17) is 0 Å². The van der Waals surface area contributed by atoms with Gasteiger partial charge in [0.05, 0.1) is 0 Å². The lowest BCUT2D eigenvalue weighted by molar-refractivity contribution is 0.0974. The van der Waals surface area contributed by atoms with Crippen LogP contribution in [0.3, 0.4) is 0 Å². The summed E-state index contributed by atoms with van der Waals surface area (Å²) >= 11 is 0. The predicted molar refractivity (Wildman–Crippen MR) is 57.3 cm³/mol. The molecule has 1 aromatic heterocycles. The summed E-state index contributed by atoms with van der Waals surface area (Å²) in [4.78, 5) is 15.6. The molecule has 0 aliphatic heterocycles. The van der Waals surface area contributed by atoms with Crippen molar-refractivity contribution < 1.29 is 4.79 Å². The topological polar surface area (TPSA) is 30.0 Å². The highest BCUT2D eigenvalue weighted by atomic mass is 16.1. The fraction of sp³-hybridized carbons (Fsp3) is 0.500. The largest absolute Gasteiger partial charge is 0.292 e. The molecule has 1 heterocycles. The molecule has 76 valence electrons. The minimum Gasteiger partial charge on any atom is -0.292 e. The minimum absolute atomic E-state index is 0.168. The van der Waals surface area contributed by atoms with E-state index in [0.29, 0.717) is 12.1 Å². The zero-order valence-corrected chi connectivity index (χ0v) is 8.70. The molecule has 0 spiro atoms. The number of carbonyl (C=O) groups is 1. The Kier molecular flexibility index (Phi) is 4.90. The van der Waals surface area contributed by atoms with Gasteiger partial charge in [0.25, 0.3) is 0 Å². The summed E-state index contributed by atoms with van der Waals surface area (Å²) in [6.45, 7) is 2.17. The standard InChI is InChI=1S/C12H17NO/c1-2-3-4-5-9-12(14)11-8-6-7-10-13-11/h6-8,10H,2-5,9H2,1H3. The number of hydrogen-bond donors (Lipinski definition) is 0. The highest BCUT2D eigenvalue weighted by molar-refractivity contribution is 5.94. The van der Waals surface area contributed by atoms with E-state index in [1.165, 1.54) is 12.8 Å². The second-order valence-corrected chi connectivity index (χ2v) is 3.45. The Balaban J connectivity index is 2.29. The lowest BCUT2D eigenvalue weighted by Crippen LogP contribution is -2.00. The predicted octanol–water partition coefficient (Wildman–Crippen LogP) is 3.23. The molecule has 0 fully saturated rings. The third-order valence-corrected chi connectivity index (χ3v) is 2.21. The lowest BCUT2D eigenvalue weighted by atomic mass is 10.1. The van der Waals surface area contributed by atoms with Crippen LogP contribution in [-0.4, -0.2) is 10.8 Å². The van der Waals surface area contributed by atoms with Gasteiger partial charge in [-0.2, -0.15) is 0 Å². The molecule has 0 saturated heterocycles. The van der Waals surface area contributed by atoms with Crippen molar-refractivity contribution in [1.29, 1.82) is 0 Å². The first kappa shape index (κ1) is 10.9. The Bertz CT molecular complexity index is 269. The quantitative estimate of drug-likeness (QED) is 0.510. The maximum Gasteiger partial charge on any atom is 0.181 e. The number of aromatic nitrogens is 1. The van der Waals surface area contributed by atoms with Crippen LogP contribution < -0.4 is 0 Å². The number of unbranched alkanes of at least 4 members (excludes halogenated alkanes) is 3. The first-order valence-electron chi connectivity index (χ1n) is 5.29. The molecular weight excluding hydrogens is 174 g/mol. The number of hydrogen-bond acceptors (Lipinski definition) is 2. The third kappa shape index (κ3) is 3.69. The molecular formula is C12H17NO. The third-order valence-electron chi connectivity index (χ3n) is 2.21. The van der Waals surface area contributed by atoms with Crippen LogP contribution in [-0.2, 0) is 0 Å². The summed E-state index contributed by atoms with van der Waals surface area (Å²) in [5, 5.41) is 0. The van der Waals surface area contributed by atoms with Crippen LogP contribution in [0.4, 0.5) is 0 Å². The number of rotatable bonds is 6. The summed E-state index contributed by atoms with van der Waals surface area (Å²) in [5.41, 5.74) is 0.601. The van der Waals surface area contributed by atoms with E-state index in [1.54, 1.807) is 12.3 Å². The number of carbonyl (C=O) groups excluding carboxylic acids is 1. The van der Waals surface area contributed by atoms with Gasteiger partial charge in [0.1, 0.15) is 5.69 Å². The first-order chi connectivity index (χ1) is 6.84. The van der Waals surface area contributed by atoms with E-state index in [0.717, 1.165) is 12.8 Å². The average molecular weight is 191 g/mol. The molecule has 0 aliphatic rings. The van der Waals surface area contributed by atoms with Crippen molar-refractivity contribution in [3.8, 4) is 0 Å². The molecule has 1 aromatic rings. The van der Waals surface area contributed by atoms with Gasteiger partial charge in [0.2, 0.25) is 0 Å². The van der Waals surface area contributed by atoms with E-state index in [-0.39, 0.29) is 5.78 Å². The second kappa shape index (κ2) is 6.30. The van der Waals surface area contributed by atoms with Gasteiger partial charge in [-0.1, -0.05) is 32.3 Å². The van der Waals surface area contributed by atoms with Gasteiger partial charge in [-0.15, -0.1) is 0 Å². The average Bonchev–Trinajstić information content (AvgIpc) is 2.25. The monoisotopic (exact) mass is 191 g/mol. The van der Waals surface area contributed by atoms with E-state index in [9.17, 15) is 4.79 Å². The molecule has 0 saturated carbocycles. The minimum atomic E-state index is 0.168. The molecule has 0 N–H and O–H groups in total. The lowest BCUT2D eigenvalue weighted by Gasteiger charge is -1.99. The maximum atomic E-state index is 11.5. The Morgan fingerprint density at radius 3 is 2.79 bits per heavy atom. The van der Waals surface area contributed by atoms with Crippen LogP contribution in [0, 0.1) is 0 Å². The van der Waals surface area contributed by atoms with E-state index in [2.05, 4.69) is 11.9 Å². The van der Waals surface area contributed by atoms with Crippen molar-refractivity contribution in [2.24, 2.45) is 0 Å². The molecule has 2 heteroatoms. The van der Waals surface area contributed by atoms with E-state index >= 15 is 0 Å². The van der Waals surface area contributed by atoms with Crippen LogP contribution in [0.5, 0.6) is 0 Å². The van der Waals surface area contributed by atoms with Crippen LogP contribution in [0.2, 0.25) is 0 Å². The van der Waals surface area contributed by atoms with E-state index < -0.39 is 0 Å². The Morgan fingerprint density at radius 1 is 1.29 bits per heavy atom. The molecule has 1 rings (SSSR count). The molecule has 2 nitrogen and oxygen atoms in total. The van der Waals surface area contributed by atoms with Gasteiger partial charge >= 0.3 is 0 Å². The van der Waals surface area contributed by atoms with Crippen molar-refractivity contribution in [1.82, 2.24) is 4.98 Å². The highest BCUT2D eigenvalue weighted by Gasteiger charge is 2.04. The number of ketones is 1. The summed E-state index contributed by atoms with van der Waals surface area (Å²) in [7, 11) is 0. The Morgan fingerprint density at radius 2 is 2.14 bits per heavy atom. The van der Waals surface area contributed by atoms with Crippen molar-refractivity contribution in [2.75, 3.05) is 0 Å². The molecule has 0 aliphatic carbocycles. The number of Topliss-reactive ketones (excluding diaryl/α,β-unsaturated/α-hetero) is 1. The highest BCUT2D eigenvalue weighted by Crippen LogP contribution is 2.06. The SMILES string of the molecule is CCCCCCC(=O)c1ccccn1. The summed E-state index contributed by atoms with van der Waals surface area (Å²) in [5.74, 6) is 0.168. The van der Waals surface area contributed by atoms with Crippen LogP contribution >= 0.6 is 0 Å². The van der Waals surface area contributed by atoms with Crippen LogP contribution in [0.15, 0.2) is 24.4 Å². The zero-order chi connectivity index (χ0) is 10.2. The van der Waals surface area contributed by atoms with Gasteiger partial charge < -0.3 is 0 Å². The van der Waals surface area contributed by atoms with Crippen molar-refractivity contribution in [2.45, 2.75) is 39.0 Å². The summed E-state index contributed by atoms with van der Waals surface area (Å²) in [6.07, 6.45) is 6.86.